The average molecular weight is 494 g/mol. The molecule has 8 nitrogen and oxygen atoms in total. The van der Waals surface area contributed by atoms with Gasteiger partial charge < -0.3 is 25.4 Å². The van der Waals surface area contributed by atoms with E-state index in [1.807, 2.05) is 24.3 Å². The molecule has 0 aromatic heterocycles. The normalized spacial score (nSPS) is 17.2. The Balaban J connectivity index is 1.25. The van der Waals surface area contributed by atoms with Crippen LogP contribution in [0.1, 0.15) is 56.6 Å². The molecule has 0 radical (unpaired) electrons. The maximum absolute atomic E-state index is 12.5. The largest absolute Gasteiger partial charge is 0.461 e. The Labute approximate surface area is 212 Å². The summed E-state index contributed by atoms with van der Waals surface area (Å²) in [6, 6.07) is 15.3. The second kappa shape index (κ2) is 12.0. The first-order valence-corrected chi connectivity index (χ1v) is 12.8. The van der Waals surface area contributed by atoms with Crippen molar-refractivity contribution in [2.45, 2.75) is 63.6 Å². The van der Waals surface area contributed by atoms with Crippen molar-refractivity contribution in [2.24, 2.45) is 0 Å². The van der Waals surface area contributed by atoms with Crippen LogP contribution in [0.2, 0.25) is 0 Å². The molecule has 1 saturated heterocycles. The number of amides is 2. The van der Waals surface area contributed by atoms with Crippen LogP contribution in [0.5, 0.6) is 0 Å². The van der Waals surface area contributed by atoms with Crippen molar-refractivity contribution >= 4 is 18.0 Å². The van der Waals surface area contributed by atoms with Gasteiger partial charge in [-0.3, -0.25) is 4.79 Å². The molecular formula is C28H35N3O5. The third-order valence-electron chi connectivity index (χ3n) is 6.61. The number of hydrogen-bond donors (Lipinski definition) is 3. The van der Waals surface area contributed by atoms with Crippen LogP contribution in [0.15, 0.2) is 48.5 Å². The lowest BCUT2D eigenvalue weighted by atomic mass is 9.98. The Hall–Kier alpha value is -3.39. The van der Waals surface area contributed by atoms with Gasteiger partial charge in [0.15, 0.2) is 0 Å². The van der Waals surface area contributed by atoms with Gasteiger partial charge in [0.1, 0.15) is 12.6 Å². The number of alkyl carbamates (subject to hydrolysis) is 1. The third-order valence-corrected chi connectivity index (χ3v) is 6.61. The van der Waals surface area contributed by atoms with Gasteiger partial charge in [0.05, 0.1) is 12.1 Å². The maximum Gasteiger partial charge on any atom is 0.407 e. The van der Waals surface area contributed by atoms with Crippen LogP contribution in [-0.4, -0.2) is 55.9 Å². The molecule has 2 aliphatic rings. The third kappa shape index (κ3) is 6.23. The van der Waals surface area contributed by atoms with Crippen LogP contribution in [0, 0.1) is 0 Å². The molecule has 1 heterocycles. The fraction of sp³-hybridized carbons (Fsp3) is 0.464. The summed E-state index contributed by atoms with van der Waals surface area (Å²) in [5.41, 5.74) is 4.67. The van der Waals surface area contributed by atoms with Crippen LogP contribution in [-0.2, 0) is 19.1 Å². The average Bonchev–Trinajstić information content (AvgIpc) is 3.51. The van der Waals surface area contributed by atoms with Gasteiger partial charge in [-0.1, -0.05) is 48.5 Å². The molecule has 8 heteroatoms. The van der Waals surface area contributed by atoms with E-state index in [1.165, 1.54) is 11.1 Å². The van der Waals surface area contributed by atoms with Gasteiger partial charge in [-0.15, -0.1) is 0 Å². The monoisotopic (exact) mass is 493 g/mol. The first-order valence-electron chi connectivity index (χ1n) is 12.8. The summed E-state index contributed by atoms with van der Waals surface area (Å²) < 4.78 is 10.9. The summed E-state index contributed by atoms with van der Waals surface area (Å²) in [5, 5.41) is 8.71. The highest BCUT2D eigenvalue weighted by Crippen LogP contribution is 2.44. The maximum atomic E-state index is 12.5. The number of carbonyl (C=O) groups excluding carboxylic acids is 3. The molecule has 1 aliphatic carbocycles. The van der Waals surface area contributed by atoms with Crippen molar-refractivity contribution < 1.29 is 23.9 Å². The van der Waals surface area contributed by atoms with Crippen LogP contribution in [0.4, 0.5) is 4.79 Å². The zero-order valence-electron chi connectivity index (χ0n) is 20.9. The van der Waals surface area contributed by atoms with E-state index >= 15 is 0 Å². The number of nitrogens with one attached hydrogen (secondary N) is 3. The first kappa shape index (κ1) is 25.7. The van der Waals surface area contributed by atoms with Crippen LogP contribution in [0.25, 0.3) is 11.1 Å². The smallest absolute Gasteiger partial charge is 0.407 e. The molecular weight excluding hydrogens is 458 g/mol. The summed E-state index contributed by atoms with van der Waals surface area (Å²) >= 11 is 0. The van der Waals surface area contributed by atoms with Gasteiger partial charge in [0.25, 0.3) is 0 Å². The Bertz CT molecular complexity index is 1030. The van der Waals surface area contributed by atoms with E-state index in [9.17, 15) is 14.4 Å². The molecule has 0 bridgehead atoms. The summed E-state index contributed by atoms with van der Waals surface area (Å²) in [6.07, 6.45) is 1.75. The lowest BCUT2D eigenvalue weighted by Crippen LogP contribution is -2.49. The molecule has 2 atom stereocenters. The van der Waals surface area contributed by atoms with Crippen LogP contribution in [0.3, 0.4) is 0 Å². The van der Waals surface area contributed by atoms with Gasteiger partial charge in [-0.25, -0.2) is 9.59 Å². The zero-order chi connectivity index (χ0) is 25.5. The minimum atomic E-state index is -0.758. The van der Waals surface area contributed by atoms with Crippen molar-refractivity contribution in [1.82, 2.24) is 16.0 Å². The predicted molar refractivity (Wildman–Crippen MR) is 136 cm³/mol. The minimum Gasteiger partial charge on any atom is -0.461 e. The van der Waals surface area contributed by atoms with E-state index in [2.05, 4.69) is 40.2 Å². The fourth-order valence-corrected chi connectivity index (χ4v) is 4.89. The Morgan fingerprint density at radius 3 is 2.31 bits per heavy atom. The number of carbonyl (C=O) groups is 3. The van der Waals surface area contributed by atoms with E-state index in [-0.39, 0.29) is 30.6 Å². The van der Waals surface area contributed by atoms with E-state index < -0.39 is 18.1 Å². The quantitative estimate of drug-likeness (QED) is 0.346. The van der Waals surface area contributed by atoms with Crippen molar-refractivity contribution in [3.63, 3.8) is 0 Å². The Morgan fingerprint density at radius 2 is 1.69 bits per heavy atom. The number of rotatable bonds is 10. The molecule has 1 aliphatic heterocycles. The minimum absolute atomic E-state index is 0.00209. The van der Waals surface area contributed by atoms with Crippen LogP contribution < -0.4 is 16.0 Å². The summed E-state index contributed by atoms with van der Waals surface area (Å²) in [6.45, 7) is 4.90. The molecule has 3 N–H and O–H groups in total. The first-order chi connectivity index (χ1) is 17.4. The van der Waals surface area contributed by atoms with Gasteiger partial charge >= 0.3 is 12.1 Å². The molecule has 2 amide bonds. The van der Waals surface area contributed by atoms with Crippen molar-refractivity contribution in [3.05, 3.63) is 59.7 Å². The molecule has 2 aromatic rings. The summed E-state index contributed by atoms with van der Waals surface area (Å²) in [7, 11) is 0. The molecule has 36 heavy (non-hydrogen) atoms. The highest BCUT2D eigenvalue weighted by molar-refractivity contribution is 5.87. The van der Waals surface area contributed by atoms with Crippen molar-refractivity contribution in [1.29, 1.82) is 0 Å². The second-order valence-corrected chi connectivity index (χ2v) is 9.59. The summed E-state index contributed by atoms with van der Waals surface area (Å²) in [5.74, 6) is -0.655. The lowest BCUT2D eigenvalue weighted by Gasteiger charge is -2.21. The molecule has 0 unspecified atom stereocenters. The molecule has 0 saturated carbocycles. The van der Waals surface area contributed by atoms with Crippen LogP contribution >= 0.6 is 0 Å². The molecule has 0 spiro atoms. The SMILES string of the molecule is CC(C)OC(=O)[C@H](CCCNC(=O)OCC1c2ccccc2-c2ccccc21)NC(=O)[C@@H]1CCCN1. The van der Waals surface area contributed by atoms with E-state index in [4.69, 9.17) is 9.47 Å². The molecule has 1 fully saturated rings. The van der Waals surface area contributed by atoms with E-state index in [0.717, 1.165) is 30.5 Å². The number of ether oxygens (including phenoxy) is 2. The number of benzene rings is 2. The van der Waals surface area contributed by atoms with Crippen molar-refractivity contribution in [2.75, 3.05) is 19.7 Å². The highest BCUT2D eigenvalue weighted by atomic mass is 16.5. The number of fused-ring (bicyclic) bond motifs is 3. The fourth-order valence-electron chi connectivity index (χ4n) is 4.89. The predicted octanol–water partition coefficient (Wildman–Crippen LogP) is 3.49. The second-order valence-electron chi connectivity index (χ2n) is 9.59. The van der Waals surface area contributed by atoms with E-state index in [0.29, 0.717) is 19.4 Å². The standard InChI is InChI=1S/C28H35N3O5/c1-18(2)36-27(33)25(31-26(32)24-13-7-15-29-24)14-8-16-30-28(34)35-17-23-21-11-5-3-9-19(21)20-10-4-6-12-22(20)23/h3-6,9-12,18,23-25,29H,7-8,13-17H2,1-2H3,(H,30,34)(H,31,32)/t24-,25-/m0/s1. The lowest BCUT2D eigenvalue weighted by molar-refractivity contribution is -0.151. The molecule has 192 valence electrons. The Kier molecular flexibility index (Phi) is 8.59. The summed E-state index contributed by atoms with van der Waals surface area (Å²) in [4.78, 5) is 37.4. The topological polar surface area (TPSA) is 106 Å². The number of esters is 1. The molecule has 2 aromatic carbocycles. The van der Waals surface area contributed by atoms with E-state index in [1.54, 1.807) is 13.8 Å². The van der Waals surface area contributed by atoms with Crippen molar-refractivity contribution in [3.8, 4) is 11.1 Å². The van der Waals surface area contributed by atoms with Gasteiger partial charge in [-0.05, 0) is 68.3 Å². The molecule has 4 rings (SSSR count). The van der Waals surface area contributed by atoms with Gasteiger partial charge in [-0.2, -0.15) is 0 Å². The highest BCUT2D eigenvalue weighted by Gasteiger charge is 2.30. The number of hydrogen-bond acceptors (Lipinski definition) is 6. The zero-order valence-corrected chi connectivity index (χ0v) is 20.9. The van der Waals surface area contributed by atoms with Gasteiger partial charge in [0, 0.05) is 12.5 Å². The van der Waals surface area contributed by atoms with Gasteiger partial charge in [0.2, 0.25) is 5.91 Å². The Morgan fingerprint density at radius 1 is 1.03 bits per heavy atom.